The van der Waals surface area contributed by atoms with Crippen LogP contribution in [0.15, 0.2) is 81.7 Å². The predicted molar refractivity (Wildman–Crippen MR) is 283 cm³/mol. The van der Waals surface area contributed by atoms with Crippen molar-refractivity contribution >= 4 is 76.7 Å². The van der Waals surface area contributed by atoms with Crippen LogP contribution in [0.4, 0.5) is 0 Å². The fourth-order valence-electron chi connectivity index (χ4n) is 8.01. The van der Waals surface area contributed by atoms with E-state index in [9.17, 15) is 14.4 Å². The van der Waals surface area contributed by atoms with Crippen molar-refractivity contribution in [2.75, 3.05) is 26.2 Å². The van der Waals surface area contributed by atoms with Gasteiger partial charge in [0.05, 0.1) is 33.6 Å². The highest BCUT2D eigenvalue weighted by Gasteiger charge is 2.63. The van der Waals surface area contributed by atoms with Crippen molar-refractivity contribution < 1.29 is 47.0 Å². The maximum Gasteiger partial charge on any atom is 0.494 e. The van der Waals surface area contributed by atoms with Gasteiger partial charge in [0.2, 0.25) is 0 Å². The zero-order valence-corrected chi connectivity index (χ0v) is 46.3. The fraction of sp³-hybridized carbons (Fsp3) is 0.596. The summed E-state index contributed by atoms with van der Waals surface area (Å²) in [5, 5.41) is 0. The minimum absolute atomic E-state index is 0.123. The van der Waals surface area contributed by atoms with E-state index in [1.54, 1.807) is 24.3 Å². The lowest BCUT2D eigenvalue weighted by atomic mass is 9.49. The molecule has 17 heteroatoms. The summed E-state index contributed by atoms with van der Waals surface area (Å²) in [5.41, 5.74) is 0.350. The van der Waals surface area contributed by atoms with Crippen LogP contribution in [0.25, 0.3) is 0 Å². The van der Waals surface area contributed by atoms with Crippen LogP contribution in [0.1, 0.15) is 162 Å². The van der Waals surface area contributed by atoms with Crippen LogP contribution in [0, 0.1) is 0 Å². The minimum atomic E-state index is -0.476. The molecule has 3 aromatic carbocycles. The normalized spacial score (nSPS) is 22.0. The van der Waals surface area contributed by atoms with Gasteiger partial charge in [-0.2, -0.15) is 0 Å². The third kappa shape index (κ3) is 15.3. The molecule has 0 bridgehead atoms. The summed E-state index contributed by atoms with van der Waals surface area (Å²) in [5.74, 6) is 0.839. The molecule has 376 valence electrons. The Morgan fingerprint density at radius 3 is 1.07 bits per heavy atom. The van der Waals surface area contributed by atoms with Gasteiger partial charge in [-0.05, 0) is 175 Å². The number of rotatable bonds is 6. The van der Waals surface area contributed by atoms with Crippen LogP contribution in [-0.4, -0.2) is 109 Å². The van der Waals surface area contributed by atoms with Gasteiger partial charge in [0.15, 0.2) is 0 Å². The lowest BCUT2D eigenvalue weighted by Crippen LogP contribution is -2.41. The van der Waals surface area contributed by atoms with E-state index >= 15 is 0 Å². The highest BCUT2D eigenvalue weighted by molar-refractivity contribution is 9.10. The molecule has 2 amide bonds. The first-order valence-electron chi connectivity index (χ1n) is 24.6. The second-order valence-electron chi connectivity index (χ2n) is 21.4. The molecule has 0 unspecified atom stereocenters. The van der Waals surface area contributed by atoms with Crippen LogP contribution in [-0.2, 0) is 32.7 Å². The van der Waals surface area contributed by atoms with E-state index in [0.29, 0.717) is 12.2 Å². The second kappa shape index (κ2) is 24.1. The SMILES string of the molecule is C1CCCC1.CC1(C)OB(B2OC(C)(C)C(C)(C)O2)OC1(C)C.CC1(C)OB(c2ccc(C(=O)N3CCCC3)cc2)OC1(C)C.O=C(c1ccc(Br)cc1)N1CCCC1.O=COc1ccc(Br)cc1. The summed E-state index contributed by atoms with van der Waals surface area (Å²) in [4.78, 5) is 37.9. The maximum atomic E-state index is 12.3. The second-order valence-corrected chi connectivity index (χ2v) is 23.2. The molecule has 9 rings (SSSR count). The topological polar surface area (TPSA) is 122 Å². The number of amides is 2. The quantitative estimate of drug-likeness (QED) is 0.174. The first-order valence-corrected chi connectivity index (χ1v) is 26.2. The molecule has 12 nitrogen and oxygen atoms in total. The largest absolute Gasteiger partial charge is 0.494 e. The molecule has 0 spiro atoms. The third-order valence-electron chi connectivity index (χ3n) is 14.6. The molecule has 1 saturated carbocycles. The van der Waals surface area contributed by atoms with Crippen LogP contribution in [0.2, 0.25) is 0 Å². The first kappa shape index (κ1) is 56.9. The summed E-state index contributed by atoms with van der Waals surface area (Å²) in [7, 11) is -1.33. The number of nitrogens with zero attached hydrogens (tertiary/aromatic N) is 2. The number of ether oxygens (including phenoxy) is 1. The number of carbonyl (C=O) groups excluding carboxylic acids is 3. The lowest BCUT2D eigenvalue weighted by molar-refractivity contribution is -0.120. The number of hydrogen-bond acceptors (Lipinski definition) is 10. The standard InChI is InChI=1S/C17H24BNO3.C12H24B2O4.C11H12BrNO.C7H5BrO2.C5H10/c1-16(2)17(3,4)22-18(21-16)14-9-7-13(8-10-14)15(20)19-11-5-6-12-19;1-9(2)10(3,4)16-13(15-9)14-17-11(5,6)12(7,8)18-14;12-10-5-3-9(4-6-10)11(14)13-7-1-2-8-13;8-6-1-3-7(4-2-6)10-5-9;1-2-4-5-3-1/h7-10H,5-6,11-12H2,1-4H3;1-8H3;3-6H,1-2,7-8H2;1-5H;1-5H2. The van der Waals surface area contributed by atoms with E-state index < -0.39 is 14.0 Å². The fourth-order valence-corrected chi connectivity index (χ4v) is 8.54. The Bertz CT molecular complexity index is 2030. The van der Waals surface area contributed by atoms with Crippen molar-refractivity contribution in [2.45, 2.75) is 174 Å². The Balaban J connectivity index is 0.000000171. The van der Waals surface area contributed by atoms with Crippen molar-refractivity contribution in [2.24, 2.45) is 0 Å². The van der Waals surface area contributed by atoms with Gasteiger partial charge in [0.25, 0.3) is 18.3 Å². The van der Waals surface area contributed by atoms with E-state index in [1.165, 1.54) is 32.1 Å². The van der Waals surface area contributed by atoms with Gasteiger partial charge in [-0.25, -0.2) is 0 Å². The summed E-state index contributed by atoms with van der Waals surface area (Å²) >= 11 is 6.61. The van der Waals surface area contributed by atoms with E-state index in [4.69, 9.17) is 27.9 Å². The molecule has 1 aliphatic carbocycles. The van der Waals surface area contributed by atoms with Crippen molar-refractivity contribution in [1.82, 2.24) is 9.80 Å². The van der Waals surface area contributed by atoms with E-state index in [1.807, 2.05) is 141 Å². The summed E-state index contributed by atoms with van der Waals surface area (Å²) in [6.07, 6.45) is 12.0. The third-order valence-corrected chi connectivity index (χ3v) is 15.6. The van der Waals surface area contributed by atoms with Gasteiger partial charge in [0, 0.05) is 46.3 Å². The summed E-state index contributed by atoms with van der Waals surface area (Å²) in [6.45, 7) is 28.3. The number of benzene rings is 3. The molecule has 6 fully saturated rings. The molecular weight excluding hydrogens is 1000 g/mol. The summed E-state index contributed by atoms with van der Waals surface area (Å²) < 4.78 is 42.4. The zero-order valence-electron chi connectivity index (χ0n) is 43.2. The molecule has 3 aromatic rings. The molecule has 5 saturated heterocycles. The van der Waals surface area contributed by atoms with Crippen LogP contribution in [0.3, 0.4) is 0 Å². The number of halogens is 2. The smallest absolute Gasteiger partial charge is 0.429 e. The van der Waals surface area contributed by atoms with Crippen molar-refractivity contribution in [3.8, 4) is 5.75 Å². The molecule has 6 aliphatic rings. The first-order chi connectivity index (χ1) is 32.3. The Kier molecular flexibility index (Phi) is 19.9. The van der Waals surface area contributed by atoms with Crippen LogP contribution < -0.4 is 10.2 Å². The number of carbonyl (C=O) groups is 3. The maximum absolute atomic E-state index is 12.3. The summed E-state index contributed by atoms with van der Waals surface area (Å²) in [6, 6.07) is 22.2. The Morgan fingerprint density at radius 1 is 0.464 bits per heavy atom. The van der Waals surface area contributed by atoms with Gasteiger partial charge in [-0.1, -0.05) is 76.1 Å². The van der Waals surface area contributed by atoms with E-state index in [2.05, 4.69) is 36.6 Å². The van der Waals surface area contributed by atoms with Crippen molar-refractivity contribution in [1.29, 1.82) is 0 Å². The molecule has 69 heavy (non-hydrogen) atoms. The van der Waals surface area contributed by atoms with Gasteiger partial charge >= 0.3 is 21.1 Å². The Hall–Kier alpha value is -3.02. The predicted octanol–water partition coefficient (Wildman–Crippen LogP) is 11.1. The average molecular weight is 1080 g/mol. The molecule has 5 heterocycles. The lowest BCUT2D eigenvalue weighted by Gasteiger charge is -2.32. The Labute approximate surface area is 430 Å². The monoisotopic (exact) mass is 1080 g/mol. The van der Waals surface area contributed by atoms with Gasteiger partial charge < -0.3 is 42.5 Å². The molecule has 0 atom stereocenters. The zero-order chi connectivity index (χ0) is 50.8. The number of likely N-dealkylation sites (tertiary alicyclic amines) is 2. The van der Waals surface area contributed by atoms with E-state index in [-0.39, 0.29) is 52.5 Å². The molecular formula is C52H75B3Br2N2O10. The highest BCUT2D eigenvalue weighted by Crippen LogP contribution is 2.43. The highest BCUT2D eigenvalue weighted by atomic mass is 79.9. The van der Waals surface area contributed by atoms with Gasteiger partial charge in [-0.15, -0.1) is 0 Å². The van der Waals surface area contributed by atoms with Crippen LogP contribution >= 0.6 is 31.9 Å². The van der Waals surface area contributed by atoms with Crippen LogP contribution in [0.5, 0.6) is 5.75 Å². The average Bonchev–Trinajstić information content (AvgIpc) is 4.16. The van der Waals surface area contributed by atoms with Crippen molar-refractivity contribution in [3.05, 3.63) is 92.9 Å². The van der Waals surface area contributed by atoms with Crippen molar-refractivity contribution in [3.63, 3.8) is 0 Å². The molecule has 0 N–H and O–H groups in total. The minimum Gasteiger partial charge on any atom is -0.429 e. The Morgan fingerprint density at radius 2 is 0.754 bits per heavy atom. The molecule has 5 aliphatic heterocycles. The number of hydrogen-bond donors (Lipinski definition) is 0. The molecule has 0 aromatic heterocycles. The van der Waals surface area contributed by atoms with Gasteiger partial charge in [0.1, 0.15) is 5.75 Å². The van der Waals surface area contributed by atoms with Gasteiger partial charge in [-0.3, -0.25) is 14.4 Å². The molecule has 0 radical (unpaired) electrons. The van der Waals surface area contributed by atoms with E-state index in [0.717, 1.165) is 77.4 Å².